The Kier molecular flexibility index (Phi) is 5.03. The van der Waals surface area contributed by atoms with E-state index in [1.165, 1.54) is 23.1 Å². The summed E-state index contributed by atoms with van der Waals surface area (Å²) in [7, 11) is 0. The Bertz CT molecular complexity index is 1090. The summed E-state index contributed by atoms with van der Waals surface area (Å²) in [4.78, 5) is 17.2. The molecular formula is C21H18F3N5O. The molecule has 6 nitrogen and oxygen atoms in total. The molecule has 0 unspecified atom stereocenters. The van der Waals surface area contributed by atoms with Gasteiger partial charge in [0.05, 0.1) is 11.1 Å². The fourth-order valence-corrected chi connectivity index (χ4v) is 3.42. The van der Waals surface area contributed by atoms with E-state index in [1.54, 1.807) is 6.92 Å². The van der Waals surface area contributed by atoms with Crippen molar-refractivity contribution in [2.24, 2.45) is 0 Å². The van der Waals surface area contributed by atoms with Crippen molar-refractivity contribution in [3.8, 4) is 0 Å². The third-order valence-corrected chi connectivity index (χ3v) is 4.89. The lowest BCUT2D eigenvalue weighted by atomic mass is 9.94. The topological polar surface area (TPSA) is 71.8 Å². The lowest BCUT2D eigenvalue weighted by Gasteiger charge is -2.29. The van der Waals surface area contributed by atoms with Crippen LogP contribution in [0.2, 0.25) is 0 Å². The van der Waals surface area contributed by atoms with Gasteiger partial charge >= 0.3 is 6.18 Å². The van der Waals surface area contributed by atoms with Gasteiger partial charge in [0.2, 0.25) is 5.95 Å². The van der Waals surface area contributed by atoms with Crippen molar-refractivity contribution in [2.45, 2.75) is 25.7 Å². The lowest BCUT2D eigenvalue weighted by molar-refractivity contribution is -0.137. The standard InChI is InChI=1S/C21H18F3N5O/c1-13-17(19(30)25-11-14-5-3-2-4-6-14)18(29-20(28-13)26-12-27-29)15-7-9-16(10-8-15)21(22,23)24/h2-10,12,18H,11H2,1H3,(H,25,30)(H,26,27,28)/t18-/m1/s1. The zero-order chi connectivity index (χ0) is 21.3. The number of benzene rings is 2. The van der Waals surface area contributed by atoms with E-state index in [4.69, 9.17) is 0 Å². The first-order valence-electron chi connectivity index (χ1n) is 9.21. The predicted octanol–water partition coefficient (Wildman–Crippen LogP) is 3.90. The molecule has 2 N–H and O–H groups in total. The van der Waals surface area contributed by atoms with E-state index in [9.17, 15) is 18.0 Å². The largest absolute Gasteiger partial charge is 0.416 e. The molecule has 3 aromatic rings. The Morgan fingerprint density at radius 2 is 1.83 bits per heavy atom. The van der Waals surface area contributed by atoms with Crippen LogP contribution in [0.4, 0.5) is 19.1 Å². The molecule has 1 amide bonds. The number of hydrogen-bond donors (Lipinski definition) is 2. The fraction of sp³-hybridized carbons (Fsp3) is 0.190. The third-order valence-electron chi connectivity index (χ3n) is 4.89. The summed E-state index contributed by atoms with van der Waals surface area (Å²) in [5.74, 6) is 0.0758. The number of anilines is 1. The number of rotatable bonds is 4. The number of hydrogen-bond acceptors (Lipinski definition) is 4. The number of nitrogens with one attached hydrogen (secondary N) is 2. The van der Waals surface area contributed by atoms with Crippen LogP contribution in [-0.4, -0.2) is 20.7 Å². The number of aromatic nitrogens is 3. The van der Waals surface area contributed by atoms with Crippen LogP contribution in [0.1, 0.15) is 29.7 Å². The first kappa shape index (κ1) is 19.7. The number of nitrogens with zero attached hydrogens (tertiary/aromatic N) is 3. The maximum Gasteiger partial charge on any atom is 0.416 e. The van der Waals surface area contributed by atoms with Gasteiger partial charge < -0.3 is 10.6 Å². The monoisotopic (exact) mass is 413 g/mol. The Hall–Kier alpha value is -3.62. The van der Waals surface area contributed by atoms with E-state index >= 15 is 0 Å². The van der Waals surface area contributed by atoms with E-state index < -0.39 is 17.8 Å². The highest BCUT2D eigenvalue weighted by atomic mass is 19.4. The summed E-state index contributed by atoms with van der Waals surface area (Å²) < 4.78 is 40.4. The van der Waals surface area contributed by atoms with Crippen molar-refractivity contribution in [1.29, 1.82) is 0 Å². The summed E-state index contributed by atoms with van der Waals surface area (Å²) in [5.41, 5.74) is 1.60. The zero-order valence-corrected chi connectivity index (χ0v) is 15.9. The molecule has 0 fully saturated rings. The summed E-state index contributed by atoms with van der Waals surface area (Å²) in [6, 6.07) is 13.4. The van der Waals surface area contributed by atoms with Crippen molar-refractivity contribution < 1.29 is 18.0 Å². The van der Waals surface area contributed by atoms with Crippen molar-refractivity contribution in [1.82, 2.24) is 20.1 Å². The SMILES string of the molecule is CC1=C(C(=O)NCc2ccccc2)[C@@H](c2ccc(C(F)(F)F)cc2)n2ncnc2N1. The van der Waals surface area contributed by atoms with E-state index in [-0.39, 0.29) is 5.91 Å². The van der Waals surface area contributed by atoms with Gasteiger partial charge in [-0.05, 0) is 30.2 Å². The molecule has 1 aromatic heterocycles. The summed E-state index contributed by atoms with van der Waals surface area (Å²) in [5, 5.41) is 10.1. The van der Waals surface area contributed by atoms with Gasteiger partial charge in [-0.2, -0.15) is 23.3 Å². The number of halogens is 3. The number of carbonyl (C=O) groups is 1. The number of amides is 1. The number of carbonyl (C=O) groups excluding carboxylic acids is 1. The molecule has 2 heterocycles. The van der Waals surface area contributed by atoms with Crippen LogP contribution in [0.5, 0.6) is 0 Å². The Balaban J connectivity index is 1.67. The average molecular weight is 413 g/mol. The number of allylic oxidation sites excluding steroid dienone is 1. The molecule has 154 valence electrons. The molecule has 9 heteroatoms. The van der Waals surface area contributed by atoms with Gasteiger partial charge in [-0.3, -0.25) is 4.79 Å². The van der Waals surface area contributed by atoms with E-state index in [1.807, 2.05) is 30.3 Å². The minimum Gasteiger partial charge on any atom is -0.348 e. The molecule has 0 aliphatic carbocycles. The van der Waals surface area contributed by atoms with Gasteiger partial charge in [0.25, 0.3) is 5.91 Å². The Morgan fingerprint density at radius 3 is 2.50 bits per heavy atom. The Labute approximate surface area is 170 Å². The molecule has 2 aromatic carbocycles. The number of fused-ring (bicyclic) bond motifs is 1. The molecule has 4 rings (SSSR count). The Morgan fingerprint density at radius 1 is 1.13 bits per heavy atom. The summed E-state index contributed by atoms with van der Waals surface area (Å²) in [6.45, 7) is 2.05. The molecule has 30 heavy (non-hydrogen) atoms. The highest BCUT2D eigenvalue weighted by molar-refractivity contribution is 5.96. The van der Waals surface area contributed by atoms with E-state index in [0.29, 0.717) is 29.3 Å². The van der Waals surface area contributed by atoms with Crippen molar-refractivity contribution >= 4 is 11.9 Å². The van der Waals surface area contributed by atoms with Gasteiger partial charge in [-0.1, -0.05) is 42.5 Å². The van der Waals surface area contributed by atoms with Crippen molar-refractivity contribution in [2.75, 3.05) is 5.32 Å². The minimum atomic E-state index is -4.44. The smallest absolute Gasteiger partial charge is 0.348 e. The maximum absolute atomic E-state index is 13.1. The normalized spacial score (nSPS) is 16.1. The molecule has 1 aliphatic heterocycles. The summed E-state index contributed by atoms with van der Waals surface area (Å²) >= 11 is 0. The number of alkyl halides is 3. The maximum atomic E-state index is 13.1. The van der Waals surface area contributed by atoms with Crippen molar-refractivity contribution in [3.63, 3.8) is 0 Å². The second-order valence-corrected chi connectivity index (χ2v) is 6.88. The average Bonchev–Trinajstić information content (AvgIpc) is 3.19. The molecular weight excluding hydrogens is 395 g/mol. The molecule has 0 spiro atoms. The fourth-order valence-electron chi connectivity index (χ4n) is 3.42. The second-order valence-electron chi connectivity index (χ2n) is 6.88. The quantitative estimate of drug-likeness (QED) is 0.681. The van der Waals surface area contributed by atoms with Gasteiger partial charge in [-0.25, -0.2) is 4.68 Å². The van der Waals surface area contributed by atoms with Crippen LogP contribution in [-0.2, 0) is 17.5 Å². The second kappa shape index (κ2) is 7.66. The first-order chi connectivity index (χ1) is 14.3. The van der Waals surface area contributed by atoms with Crippen LogP contribution in [0.25, 0.3) is 0 Å². The predicted molar refractivity (Wildman–Crippen MR) is 104 cm³/mol. The summed E-state index contributed by atoms with van der Waals surface area (Å²) in [6.07, 6.45) is -3.11. The highest BCUT2D eigenvalue weighted by Crippen LogP contribution is 2.36. The zero-order valence-electron chi connectivity index (χ0n) is 15.9. The van der Waals surface area contributed by atoms with Gasteiger partial charge in [0.15, 0.2) is 0 Å². The molecule has 1 atom stereocenters. The molecule has 0 saturated carbocycles. The van der Waals surface area contributed by atoms with E-state index in [0.717, 1.165) is 17.7 Å². The van der Waals surface area contributed by atoms with Crippen LogP contribution in [0.15, 0.2) is 72.2 Å². The highest BCUT2D eigenvalue weighted by Gasteiger charge is 2.35. The minimum absolute atomic E-state index is 0.320. The molecule has 0 bridgehead atoms. The van der Waals surface area contributed by atoms with Crippen LogP contribution in [0.3, 0.4) is 0 Å². The van der Waals surface area contributed by atoms with Gasteiger partial charge in [0, 0.05) is 12.2 Å². The van der Waals surface area contributed by atoms with E-state index in [2.05, 4.69) is 20.7 Å². The molecule has 0 saturated heterocycles. The van der Waals surface area contributed by atoms with Crippen LogP contribution in [0, 0.1) is 0 Å². The van der Waals surface area contributed by atoms with Crippen molar-refractivity contribution in [3.05, 3.63) is 88.9 Å². The first-order valence-corrected chi connectivity index (χ1v) is 9.21. The molecule has 1 aliphatic rings. The third kappa shape index (κ3) is 3.78. The lowest BCUT2D eigenvalue weighted by Crippen LogP contribution is -2.34. The van der Waals surface area contributed by atoms with Gasteiger partial charge in [0.1, 0.15) is 12.4 Å². The van der Waals surface area contributed by atoms with Crippen LogP contribution < -0.4 is 10.6 Å². The van der Waals surface area contributed by atoms with Crippen LogP contribution >= 0.6 is 0 Å². The van der Waals surface area contributed by atoms with Gasteiger partial charge in [-0.15, -0.1) is 0 Å². The molecule has 0 radical (unpaired) electrons.